The second-order valence-corrected chi connectivity index (χ2v) is 35.1. The second kappa shape index (κ2) is 25.3. The van der Waals surface area contributed by atoms with Crippen LogP contribution in [0.25, 0.3) is 121 Å². The van der Waals surface area contributed by atoms with E-state index in [1.807, 2.05) is 30.3 Å². The summed E-state index contributed by atoms with van der Waals surface area (Å²) in [6.45, 7) is 26.4. The van der Waals surface area contributed by atoms with Crippen LogP contribution in [0.2, 0.25) is 0 Å². The molecular weight excluding hydrogens is 1520 g/mol. The van der Waals surface area contributed by atoms with Gasteiger partial charge in [0.15, 0.2) is 0 Å². The number of nitrogens with zero attached hydrogens (tertiary/aromatic N) is 4. The first-order valence-electron chi connectivity index (χ1n) is 36.7. The maximum atomic E-state index is 9.85. The van der Waals surface area contributed by atoms with E-state index in [4.69, 9.17) is 9.31 Å². The minimum atomic E-state index is -0.362. The molecule has 0 radical (unpaired) electrons. The van der Waals surface area contributed by atoms with Crippen molar-refractivity contribution in [1.82, 2.24) is 0 Å². The van der Waals surface area contributed by atoms with Gasteiger partial charge in [-0.2, -0.15) is 21.0 Å². The Labute approximate surface area is 657 Å². The van der Waals surface area contributed by atoms with Crippen LogP contribution >= 0.6 is 47.8 Å². The molecule has 0 amide bonds. The first-order chi connectivity index (χ1) is 51.6. The van der Waals surface area contributed by atoms with Crippen LogP contribution in [0.5, 0.6) is 0 Å². The van der Waals surface area contributed by atoms with Gasteiger partial charge in [0, 0.05) is 35.1 Å². The summed E-state index contributed by atoms with van der Waals surface area (Å²) in [4.78, 5) is 0. The molecule has 0 unspecified atom stereocenters. The van der Waals surface area contributed by atoms with Crippen LogP contribution < -0.4 is 5.46 Å². The summed E-state index contributed by atoms with van der Waals surface area (Å²) in [5.74, 6) is 0. The van der Waals surface area contributed by atoms with Gasteiger partial charge in [-0.05, 0) is 315 Å². The molecule has 0 spiro atoms. The van der Waals surface area contributed by atoms with E-state index < -0.39 is 0 Å². The molecule has 5 aliphatic rings. The van der Waals surface area contributed by atoms with Crippen LogP contribution in [0.15, 0.2) is 244 Å². The molecule has 1 fully saturated rings. The number of halogens is 3. The van der Waals surface area contributed by atoms with Crippen LogP contribution in [-0.2, 0) is 31.0 Å². The lowest BCUT2D eigenvalue weighted by atomic mass is 9.74. The molecule has 4 aliphatic carbocycles. The third-order valence-corrected chi connectivity index (χ3v) is 26.8. The molecule has 0 aromatic heterocycles. The summed E-state index contributed by atoms with van der Waals surface area (Å²) in [7, 11) is -0.362. The minimum absolute atomic E-state index is 0.156. The standard InChI is InChI=1S/C62H43N3.C22H24BNO2.C14H7Br3/c1-60(2)52-25-35(32-63)11-18-42(52)45-21-14-39(29-55(45)60)38-15-24-50-51(28-38)59(41-17-23-47-44-20-13-37(34-65)27-54(44)62(5,6)57(47)31-41)49-10-8-7-9-48(49)58(50)40-16-22-46-43-19-12-36(33-64)26-53(43)61(3,4)56(46)30-40;1-20(2)18-11-14(13-24)7-9-16(18)17-10-8-15(12-19(17)20)23-25-21(3,4)22(5,6)26-23;15-8-5-6-11-12(7-8)14(17)10-4-2-1-3-9(10)13(11)16/h7-31H,1-6H3;7-12H,1-6H3;1-7H. The number of benzene rings is 14. The normalized spacial score (nSPS) is 15.9. The van der Waals surface area contributed by atoms with E-state index in [0.717, 1.165) is 35.6 Å². The second-order valence-electron chi connectivity index (χ2n) is 32.6. The molecule has 19 rings (SSSR count). The highest BCUT2D eigenvalue weighted by atomic mass is 79.9. The molecule has 10 heteroatoms. The zero-order valence-corrected chi connectivity index (χ0v) is 67.0. The van der Waals surface area contributed by atoms with E-state index in [-0.39, 0.29) is 40.0 Å². The van der Waals surface area contributed by atoms with Crippen molar-refractivity contribution in [2.45, 2.75) is 116 Å². The Bertz CT molecular complexity index is 6490. The molecular formula is C98H74BBr3N4O2. The largest absolute Gasteiger partial charge is 0.494 e. The first-order valence-corrected chi connectivity index (χ1v) is 39.0. The van der Waals surface area contributed by atoms with E-state index in [2.05, 4.69) is 355 Å². The Hall–Kier alpha value is -10.5. The first kappa shape index (κ1) is 70.5. The molecule has 1 heterocycles. The lowest BCUT2D eigenvalue weighted by Gasteiger charge is -2.32. The van der Waals surface area contributed by atoms with Gasteiger partial charge in [0.2, 0.25) is 0 Å². The Balaban J connectivity index is 0.000000161. The van der Waals surface area contributed by atoms with Crippen molar-refractivity contribution < 1.29 is 9.31 Å². The summed E-state index contributed by atoms with van der Waals surface area (Å²) in [5.41, 5.74) is 28.6. The molecule has 0 atom stereocenters. The lowest BCUT2D eigenvalue weighted by Crippen LogP contribution is -2.41. The summed E-state index contributed by atoms with van der Waals surface area (Å²) >= 11 is 10.9. The molecule has 14 aromatic carbocycles. The third-order valence-electron chi connectivity index (χ3n) is 24.6. The zero-order valence-electron chi connectivity index (χ0n) is 62.3. The molecule has 14 aromatic rings. The summed E-state index contributed by atoms with van der Waals surface area (Å²) in [5, 5.41) is 48.4. The fraction of sp³-hybridized carbons (Fsp3) is 0.184. The van der Waals surface area contributed by atoms with Crippen molar-refractivity contribution in [3.05, 3.63) is 311 Å². The van der Waals surface area contributed by atoms with E-state index in [0.29, 0.717) is 22.3 Å². The van der Waals surface area contributed by atoms with Gasteiger partial charge in [0.1, 0.15) is 0 Å². The van der Waals surface area contributed by atoms with Crippen molar-refractivity contribution in [3.63, 3.8) is 0 Å². The van der Waals surface area contributed by atoms with Crippen molar-refractivity contribution in [2.24, 2.45) is 0 Å². The highest BCUT2D eigenvalue weighted by Crippen LogP contribution is 2.57. The Morgan fingerprint density at radius 1 is 0.269 bits per heavy atom. The maximum absolute atomic E-state index is 9.85. The van der Waals surface area contributed by atoms with Crippen LogP contribution in [0.3, 0.4) is 0 Å². The van der Waals surface area contributed by atoms with Crippen LogP contribution in [0.1, 0.15) is 150 Å². The monoisotopic (exact) mass is 1590 g/mol. The molecule has 6 nitrogen and oxygen atoms in total. The minimum Gasteiger partial charge on any atom is -0.399 e. The van der Waals surface area contributed by atoms with Gasteiger partial charge in [0.25, 0.3) is 0 Å². The fourth-order valence-corrected chi connectivity index (χ4v) is 19.6. The molecule has 108 heavy (non-hydrogen) atoms. The highest BCUT2D eigenvalue weighted by molar-refractivity contribution is 9.11. The Morgan fingerprint density at radius 3 is 0.963 bits per heavy atom. The molecule has 0 saturated carbocycles. The Morgan fingerprint density at radius 2 is 0.556 bits per heavy atom. The molecule has 0 N–H and O–H groups in total. The summed E-state index contributed by atoms with van der Waals surface area (Å²) < 4.78 is 15.8. The van der Waals surface area contributed by atoms with Crippen molar-refractivity contribution in [3.8, 4) is 102 Å². The van der Waals surface area contributed by atoms with Gasteiger partial charge in [-0.3, -0.25) is 0 Å². The SMILES string of the molecule is Brc1ccc2c(Br)c3ccccc3c(Br)c2c1.CC1(C)c2cc(C#N)ccc2-c2ccc(-c3ccc4c(-c5ccc6c(c5)C(C)(C)c5cc(C#N)ccc5-6)c5ccccc5c(-c5ccc6c(c5)C(C)(C)c5cc(C#N)ccc5-6)c4c3)cc21.CC1(C)c2cc(C#N)ccc2-c2ccc(B3OC(C)(C)C(C)(C)O3)cc21. The summed E-state index contributed by atoms with van der Waals surface area (Å²) in [6.07, 6.45) is 0. The molecule has 1 aliphatic heterocycles. The van der Waals surface area contributed by atoms with Gasteiger partial charge in [0.05, 0.1) is 57.7 Å². The zero-order chi connectivity index (χ0) is 75.6. The predicted molar refractivity (Wildman–Crippen MR) is 454 cm³/mol. The Kier molecular flexibility index (Phi) is 16.5. The van der Waals surface area contributed by atoms with Gasteiger partial charge >= 0.3 is 7.12 Å². The van der Waals surface area contributed by atoms with E-state index in [1.165, 1.54) is 149 Å². The molecule has 522 valence electrons. The van der Waals surface area contributed by atoms with Gasteiger partial charge in [-0.1, -0.05) is 217 Å². The van der Waals surface area contributed by atoms with Gasteiger partial charge < -0.3 is 9.31 Å². The number of rotatable bonds is 4. The highest BCUT2D eigenvalue weighted by Gasteiger charge is 2.52. The topological polar surface area (TPSA) is 114 Å². The van der Waals surface area contributed by atoms with Gasteiger partial charge in [-0.25, -0.2) is 0 Å². The third kappa shape index (κ3) is 10.8. The quantitative estimate of drug-likeness (QED) is 0.128. The van der Waals surface area contributed by atoms with E-state index in [1.54, 1.807) is 0 Å². The lowest BCUT2D eigenvalue weighted by molar-refractivity contribution is 0.00578. The molecule has 1 saturated heterocycles. The number of hydrogen-bond donors (Lipinski definition) is 0. The average Bonchev–Trinajstić information content (AvgIpc) is 1.65. The smallest absolute Gasteiger partial charge is 0.399 e. The van der Waals surface area contributed by atoms with Crippen molar-refractivity contribution >= 4 is 103 Å². The van der Waals surface area contributed by atoms with E-state index in [9.17, 15) is 21.0 Å². The van der Waals surface area contributed by atoms with Crippen LogP contribution in [0, 0.1) is 45.3 Å². The number of fused-ring (bicyclic) bond motifs is 16. The van der Waals surface area contributed by atoms with Gasteiger partial charge in [-0.15, -0.1) is 0 Å². The predicted octanol–water partition coefficient (Wildman–Crippen LogP) is 26.0. The van der Waals surface area contributed by atoms with Crippen LogP contribution in [-0.4, -0.2) is 18.3 Å². The van der Waals surface area contributed by atoms with Crippen molar-refractivity contribution in [2.75, 3.05) is 0 Å². The van der Waals surface area contributed by atoms with Crippen LogP contribution in [0.4, 0.5) is 0 Å². The maximum Gasteiger partial charge on any atom is 0.494 e. The fourth-order valence-electron chi connectivity index (χ4n) is 17.9. The number of hydrogen-bond acceptors (Lipinski definition) is 6. The average molecular weight is 1590 g/mol. The van der Waals surface area contributed by atoms with E-state index >= 15 is 0 Å². The number of nitriles is 4. The molecule has 0 bridgehead atoms. The van der Waals surface area contributed by atoms with Crippen molar-refractivity contribution in [1.29, 1.82) is 21.0 Å². The summed E-state index contributed by atoms with van der Waals surface area (Å²) in [6, 6.07) is 91.6.